The molecule has 2 aromatic rings. The van der Waals surface area contributed by atoms with E-state index in [1.54, 1.807) is 0 Å². The van der Waals surface area contributed by atoms with Gasteiger partial charge in [-0.25, -0.2) is 0 Å². The van der Waals surface area contributed by atoms with E-state index in [4.69, 9.17) is 0 Å². The van der Waals surface area contributed by atoms with E-state index in [1.165, 1.54) is 16.7 Å². The smallest absolute Gasteiger partial charge is 0.0999 e. The molecule has 1 N–H and O–H groups in total. The minimum absolute atomic E-state index is 0.965. The molecule has 0 unspecified atom stereocenters. The summed E-state index contributed by atoms with van der Waals surface area (Å²) >= 11 is 0. The molecule has 0 spiro atoms. The van der Waals surface area contributed by atoms with Gasteiger partial charge in [0.15, 0.2) is 0 Å². The number of nitrogens with one attached hydrogen (secondary N) is 1. The van der Waals surface area contributed by atoms with Crippen molar-refractivity contribution in [1.29, 1.82) is 0 Å². The van der Waals surface area contributed by atoms with Crippen molar-refractivity contribution in [3.8, 4) is 0 Å². The maximum atomic E-state index is 3.33. The maximum Gasteiger partial charge on any atom is 0.0999 e. The Kier molecular flexibility index (Phi) is 2.02. The minimum Gasteiger partial charge on any atom is -0.337 e. The molecule has 3 rings (SSSR count). The molecule has 1 aliphatic rings. The van der Waals surface area contributed by atoms with Crippen molar-refractivity contribution in [1.82, 2.24) is 9.88 Å². The molecule has 2 heterocycles. The van der Waals surface area contributed by atoms with Crippen molar-refractivity contribution < 1.29 is 0 Å². The maximum absolute atomic E-state index is 3.33. The minimum atomic E-state index is 0.965. The second-order valence-electron chi connectivity index (χ2n) is 4.33. The van der Waals surface area contributed by atoms with E-state index in [2.05, 4.69) is 54.2 Å². The quantitative estimate of drug-likeness (QED) is 0.762. The molecule has 0 fully saturated rings. The van der Waals surface area contributed by atoms with Gasteiger partial charge in [-0.3, -0.25) is 0 Å². The molecule has 0 atom stereocenters. The van der Waals surface area contributed by atoms with E-state index in [9.17, 15) is 0 Å². The van der Waals surface area contributed by atoms with E-state index in [1.807, 2.05) is 0 Å². The van der Waals surface area contributed by atoms with Crippen molar-refractivity contribution in [2.75, 3.05) is 13.1 Å². The largest absolute Gasteiger partial charge is 0.337 e. The van der Waals surface area contributed by atoms with Gasteiger partial charge in [-0.05, 0) is 30.7 Å². The van der Waals surface area contributed by atoms with Gasteiger partial charge in [0.05, 0.1) is 5.52 Å². The van der Waals surface area contributed by atoms with E-state index >= 15 is 0 Å². The number of nitrogens with zero attached hydrogens (tertiary/aromatic N) is 1. The highest BCUT2D eigenvalue weighted by atomic mass is 15.0. The molecule has 1 aromatic heterocycles. The molecule has 0 radical (unpaired) electrons. The third-order valence-electron chi connectivity index (χ3n) is 3.15. The van der Waals surface area contributed by atoms with Gasteiger partial charge in [-0.2, -0.15) is 0 Å². The molecule has 0 bridgehead atoms. The van der Waals surface area contributed by atoms with Crippen LogP contribution in [0, 0.1) is 19.1 Å². The predicted octanol–water partition coefficient (Wildman–Crippen LogP) is 2.07. The normalized spacial score (nSPS) is 15.2. The number of hydrogen-bond acceptors (Lipinski definition) is 1. The Morgan fingerprint density at radius 3 is 2.94 bits per heavy atom. The standard InChI is InChI=1S/C14H14N2/c1-10-3-4-13-12(7-10)8-14(16(13)2)11-5-6-15-9-11/h5,7-8,15H,6,9H2,1-2H3. The Balaban J connectivity index is 2.22. The summed E-state index contributed by atoms with van der Waals surface area (Å²) in [6.07, 6.45) is 2.25. The van der Waals surface area contributed by atoms with Crippen molar-refractivity contribution in [2.45, 2.75) is 6.92 Å². The van der Waals surface area contributed by atoms with Crippen LogP contribution < -0.4 is 5.32 Å². The van der Waals surface area contributed by atoms with E-state index in [0.29, 0.717) is 0 Å². The van der Waals surface area contributed by atoms with Crippen LogP contribution in [0.15, 0.2) is 18.2 Å². The first-order chi connectivity index (χ1) is 7.75. The van der Waals surface area contributed by atoms with Gasteiger partial charge >= 0.3 is 0 Å². The Hall–Kier alpha value is -1.72. The van der Waals surface area contributed by atoms with Crippen LogP contribution in [0.4, 0.5) is 0 Å². The second kappa shape index (κ2) is 3.40. The average molecular weight is 210 g/mol. The summed E-state index contributed by atoms with van der Waals surface area (Å²) in [6.45, 7) is 4.00. The third kappa shape index (κ3) is 1.33. The molecule has 0 aliphatic carbocycles. The zero-order valence-corrected chi connectivity index (χ0v) is 9.59. The highest BCUT2D eigenvalue weighted by Gasteiger charge is 2.12. The highest BCUT2D eigenvalue weighted by molar-refractivity contribution is 5.85. The molecule has 16 heavy (non-hydrogen) atoms. The van der Waals surface area contributed by atoms with Crippen LogP contribution in [0.3, 0.4) is 0 Å². The summed E-state index contributed by atoms with van der Waals surface area (Å²) in [5.41, 5.74) is 4.94. The molecular formula is C14H14N2. The lowest BCUT2D eigenvalue weighted by Crippen LogP contribution is -2.08. The summed E-state index contributed by atoms with van der Waals surface area (Å²) in [7, 11) is 2.09. The van der Waals surface area contributed by atoms with Gasteiger partial charge in [0.25, 0.3) is 0 Å². The summed E-state index contributed by atoms with van der Waals surface area (Å²) in [6, 6.07) is 10.8. The molecule has 2 heteroatoms. The van der Waals surface area contributed by atoms with Crippen LogP contribution in [0.25, 0.3) is 16.5 Å². The van der Waals surface area contributed by atoms with Crippen molar-refractivity contribution in [3.63, 3.8) is 0 Å². The summed E-state index contributed by atoms with van der Waals surface area (Å²) < 4.78 is 2.20. The van der Waals surface area contributed by atoms with Gasteiger partial charge in [-0.1, -0.05) is 12.1 Å². The molecular weight excluding hydrogens is 196 g/mol. The highest BCUT2D eigenvalue weighted by Crippen LogP contribution is 2.24. The average Bonchev–Trinajstić information content (AvgIpc) is 2.86. The van der Waals surface area contributed by atoms with Crippen molar-refractivity contribution >= 4 is 16.5 Å². The lowest BCUT2D eigenvalue weighted by atomic mass is 10.2. The van der Waals surface area contributed by atoms with Crippen LogP contribution in [-0.4, -0.2) is 17.7 Å². The second-order valence-corrected chi connectivity index (χ2v) is 4.33. The first-order valence-corrected chi connectivity index (χ1v) is 5.56. The molecule has 80 valence electrons. The molecule has 0 amide bonds. The fraction of sp³-hybridized carbons (Fsp3) is 0.286. The Bertz CT molecular complexity index is 576. The number of aromatic nitrogens is 1. The molecule has 0 saturated carbocycles. The Labute approximate surface area is 95.6 Å². The van der Waals surface area contributed by atoms with Crippen LogP contribution in [0.5, 0.6) is 0 Å². The summed E-state index contributed by atoms with van der Waals surface area (Å²) in [5.74, 6) is 0. The Morgan fingerprint density at radius 2 is 2.19 bits per heavy atom. The monoisotopic (exact) mass is 210 g/mol. The first-order valence-electron chi connectivity index (χ1n) is 5.56. The van der Waals surface area contributed by atoms with Gasteiger partial charge < -0.3 is 9.88 Å². The fourth-order valence-corrected chi connectivity index (χ4v) is 2.30. The van der Waals surface area contributed by atoms with E-state index in [-0.39, 0.29) is 0 Å². The topological polar surface area (TPSA) is 17.0 Å². The van der Waals surface area contributed by atoms with Crippen LogP contribution in [0.2, 0.25) is 0 Å². The number of aryl methyl sites for hydroxylation is 2. The molecule has 1 aromatic carbocycles. The molecule has 2 nitrogen and oxygen atoms in total. The van der Waals surface area contributed by atoms with Crippen molar-refractivity contribution in [3.05, 3.63) is 41.6 Å². The zero-order chi connectivity index (χ0) is 11.1. The van der Waals surface area contributed by atoms with Gasteiger partial charge in [0.1, 0.15) is 0 Å². The van der Waals surface area contributed by atoms with E-state index < -0.39 is 0 Å². The van der Waals surface area contributed by atoms with Crippen LogP contribution in [0.1, 0.15) is 11.3 Å². The molecule has 1 aliphatic heterocycles. The van der Waals surface area contributed by atoms with Gasteiger partial charge in [0, 0.05) is 36.8 Å². The zero-order valence-electron chi connectivity index (χ0n) is 9.59. The third-order valence-corrected chi connectivity index (χ3v) is 3.15. The van der Waals surface area contributed by atoms with Crippen LogP contribution >= 0.6 is 0 Å². The number of hydrogen-bond donors (Lipinski definition) is 1. The number of rotatable bonds is 1. The SMILES string of the molecule is Cc1c#cc2c(c1)cc(C1=CCNC1)n2C. The van der Waals surface area contributed by atoms with Crippen LogP contribution in [-0.2, 0) is 7.05 Å². The lowest BCUT2D eigenvalue weighted by molar-refractivity contribution is 0.884. The van der Waals surface area contributed by atoms with Gasteiger partial charge in [-0.15, -0.1) is 0 Å². The summed E-state index contributed by atoms with van der Waals surface area (Å²) in [4.78, 5) is 0. The predicted molar refractivity (Wildman–Crippen MR) is 66.2 cm³/mol. The molecule has 0 saturated heterocycles. The van der Waals surface area contributed by atoms with Crippen molar-refractivity contribution in [2.24, 2.45) is 7.05 Å². The number of fused-ring (bicyclic) bond motifs is 1. The van der Waals surface area contributed by atoms with Gasteiger partial charge in [0.2, 0.25) is 0 Å². The fourth-order valence-electron chi connectivity index (χ4n) is 2.30. The Morgan fingerprint density at radius 1 is 1.31 bits per heavy atom. The first kappa shape index (κ1) is 9.50. The lowest BCUT2D eigenvalue weighted by Gasteiger charge is -2.03. The summed E-state index contributed by atoms with van der Waals surface area (Å²) in [5, 5.41) is 4.58. The van der Waals surface area contributed by atoms with E-state index in [0.717, 1.165) is 24.2 Å².